The van der Waals surface area contributed by atoms with Crippen LogP contribution in [0.5, 0.6) is 0 Å². The standard InChI is InChI=1S/C13H17ClN2O/c1-10(13-3-2-8-15-13)17-16-9-11-4-6-12(14)7-5-11/h4-7,9-10,13,15H,2-3,8H2,1H3/b16-9+. The molecular formula is C13H17ClN2O. The van der Waals surface area contributed by atoms with Gasteiger partial charge in [0.25, 0.3) is 0 Å². The minimum Gasteiger partial charge on any atom is -0.391 e. The summed E-state index contributed by atoms with van der Waals surface area (Å²) >= 11 is 5.80. The Morgan fingerprint density at radius 3 is 2.88 bits per heavy atom. The van der Waals surface area contributed by atoms with E-state index in [1.807, 2.05) is 31.2 Å². The molecule has 0 spiro atoms. The largest absolute Gasteiger partial charge is 0.391 e. The van der Waals surface area contributed by atoms with Crippen LogP contribution in [0.25, 0.3) is 0 Å². The zero-order valence-electron chi connectivity index (χ0n) is 9.90. The highest BCUT2D eigenvalue weighted by Crippen LogP contribution is 2.12. The lowest BCUT2D eigenvalue weighted by atomic mass is 10.1. The first-order chi connectivity index (χ1) is 8.25. The van der Waals surface area contributed by atoms with E-state index in [4.69, 9.17) is 16.4 Å². The third-order valence-corrected chi connectivity index (χ3v) is 3.22. The Kier molecular flexibility index (Phi) is 4.40. The van der Waals surface area contributed by atoms with Crippen molar-refractivity contribution in [3.05, 3.63) is 34.9 Å². The molecule has 0 aliphatic carbocycles. The molecule has 0 radical (unpaired) electrons. The van der Waals surface area contributed by atoms with Gasteiger partial charge in [0, 0.05) is 11.1 Å². The molecule has 2 unspecified atom stereocenters. The van der Waals surface area contributed by atoms with Crippen molar-refractivity contribution in [2.45, 2.75) is 31.9 Å². The molecule has 1 heterocycles. The second-order valence-electron chi connectivity index (χ2n) is 4.30. The van der Waals surface area contributed by atoms with E-state index in [1.54, 1.807) is 6.21 Å². The zero-order chi connectivity index (χ0) is 12.1. The summed E-state index contributed by atoms with van der Waals surface area (Å²) in [5.74, 6) is 0. The molecule has 0 aromatic heterocycles. The maximum Gasteiger partial charge on any atom is 0.139 e. The van der Waals surface area contributed by atoms with E-state index < -0.39 is 0 Å². The molecule has 0 amide bonds. The molecule has 1 N–H and O–H groups in total. The molecular weight excluding hydrogens is 236 g/mol. The predicted molar refractivity (Wildman–Crippen MR) is 70.6 cm³/mol. The number of hydrogen-bond donors (Lipinski definition) is 1. The Bertz CT molecular complexity index is 372. The molecule has 92 valence electrons. The van der Waals surface area contributed by atoms with Crippen LogP contribution >= 0.6 is 11.6 Å². The Morgan fingerprint density at radius 2 is 2.24 bits per heavy atom. The summed E-state index contributed by atoms with van der Waals surface area (Å²) in [6, 6.07) is 7.93. The van der Waals surface area contributed by atoms with Crippen molar-refractivity contribution in [1.82, 2.24) is 5.32 Å². The Hall–Kier alpha value is -1.06. The van der Waals surface area contributed by atoms with Gasteiger partial charge in [0.05, 0.1) is 6.21 Å². The molecule has 2 atom stereocenters. The average Bonchev–Trinajstić information content (AvgIpc) is 2.85. The quantitative estimate of drug-likeness (QED) is 0.660. The number of halogens is 1. The number of hydrogen-bond acceptors (Lipinski definition) is 3. The van der Waals surface area contributed by atoms with Crippen LogP contribution in [-0.2, 0) is 4.84 Å². The van der Waals surface area contributed by atoms with Gasteiger partial charge >= 0.3 is 0 Å². The second-order valence-corrected chi connectivity index (χ2v) is 4.74. The third kappa shape index (κ3) is 3.72. The lowest BCUT2D eigenvalue weighted by Gasteiger charge is -2.16. The van der Waals surface area contributed by atoms with Crippen LogP contribution in [0.2, 0.25) is 5.02 Å². The van der Waals surface area contributed by atoms with Crippen LogP contribution in [0.1, 0.15) is 25.3 Å². The Morgan fingerprint density at radius 1 is 1.47 bits per heavy atom. The molecule has 1 saturated heterocycles. The topological polar surface area (TPSA) is 33.6 Å². The molecule has 1 aliphatic rings. The summed E-state index contributed by atoms with van der Waals surface area (Å²) in [6.45, 7) is 3.13. The second kappa shape index (κ2) is 6.03. The summed E-state index contributed by atoms with van der Waals surface area (Å²) in [7, 11) is 0. The van der Waals surface area contributed by atoms with E-state index in [9.17, 15) is 0 Å². The molecule has 17 heavy (non-hydrogen) atoms. The summed E-state index contributed by atoms with van der Waals surface area (Å²) < 4.78 is 0. The van der Waals surface area contributed by atoms with Gasteiger partial charge in [0.15, 0.2) is 0 Å². The van der Waals surface area contributed by atoms with Crippen LogP contribution in [0.15, 0.2) is 29.4 Å². The van der Waals surface area contributed by atoms with Crippen LogP contribution in [0.3, 0.4) is 0 Å². The van der Waals surface area contributed by atoms with Gasteiger partial charge in [-0.15, -0.1) is 0 Å². The number of nitrogens with one attached hydrogen (secondary N) is 1. The van der Waals surface area contributed by atoms with Crippen molar-refractivity contribution in [2.75, 3.05) is 6.54 Å². The van der Waals surface area contributed by atoms with Crippen molar-refractivity contribution in [1.29, 1.82) is 0 Å². The lowest BCUT2D eigenvalue weighted by molar-refractivity contribution is 0.0499. The third-order valence-electron chi connectivity index (χ3n) is 2.96. The number of rotatable bonds is 4. The van der Waals surface area contributed by atoms with Gasteiger partial charge in [-0.1, -0.05) is 28.9 Å². The fraction of sp³-hybridized carbons (Fsp3) is 0.462. The summed E-state index contributed by atoms with van der Waals surface area (Å²) in [6.07, 6.45) is 4.21. The molecule has 1 aromatic rings. The summed E-state index contributed by atoms with van der Waals surface area (Å²) in [5.41, 5.74) is 0.987. The first kappa shape index (κ1) is 12.4. The predicted octanol–water partition coefficient (Wildman–Crippen LogP) is 2.83. The highest BCUT2D eigenvalue weighted by molar-refractivity contribution is 6.30. The van der Waals surface area contributed by atoms with Crippen molar-refractivity contribution in [2.24, 2.45) is 5.16 Å². The normalized spacial score (nSPS) is 21.9. The van der Waals surface area contributed by atoms with E-state index in [0.717, 1.165) is 23.6 Å². The van der Waals surface area contributed by atoms with Gasteiger partial charge < -0.3 is 10.2 Å². The van der Waals surface area contributed by atoms with Crippen LogP contribution < -0.4 is 5.32 Å². The van der Waals surface area contributed by atoms with E-state index in [2.05, 4.69) is 10.5 Å². The van der Waals surface area contributed by atoms with Crippen molar-refractivity contribution in [3.8, 4) is 0 Å². The maximum absolute atomic E-state index is 5.80. The van der Waals surface area contributed by atoms with Crippen LogP contribution in [-0.4, -0.2) is 24.9 Å². The first-order valence-electron chi connectivity index (χ1n) is 5.94. The summed E-state index contributed by atoms with van der Waals surface area (Å²) in [5, 5.41) is 8.13. The fourth-order valence-electron chi connectivity index (χ4n) is 1.92. The highest BCUT2D eigenvalue weighted by Gasteiger charge is 2.21. The molecule has 3 nitrogen and oxygen atoms in total. The number of nitrogens with zero attached hydrogens (tertiary/aromatic N) is 1. The van der Waals surface area contributed by atoms with E-state index in [0.29, 0.717) is 6.04 Å². The smallest absolute Gasteiger partial charge is 0.139 e. The van der Waals surface area contributed by atoms with Gasteiger partial charge in [-0.25, -0.2) is 0 Å². The molecule has 4 heteroatoms. The Labute approximate surface area is 107 Å². The van der Waals surface area contributed by atoms with Gasteiger partial charge in [-0.05, 0) is 44.0 Å². The first-order valence-corrected chi connectivity index (χ1v) is 6.31. The molecule has 0 saturated carbocycles. The molecule has 1 aromatic carbocycles. The summed E-state index contributed by atoms with van der Waals surface area (Å²) in [4.78, 5) is 5.43. The van der Waals surface area contributed by atoms with Crippen molar-refractivity contribution in [3.63, 3.8) is 0 Å². The van der Waals surface area contributed by atoms with Crippen molar-refractivity contribution >= 4 is 17.8 Å². The van der Waals surface area contributed by atoms with Crippen LogP contribution in [0.4, 0.5) is 0 Å². The van der Waals surface area contributed by atoms with Gasteiger partial charge in [0.1, 0.15) is 6.10 Å². The molecule has 0 bridgehead atoms. The number of oxime groups is 1. The van der Waals surface area contributed by atoms with E-state index in [1.165, 1.54) is 6.42 Å². The minimum atomic E-state index is 0.112. The minimum absolute atomic E-state index is 0.112. The average molecular weight is 253 g/mol. The Balaban J connectivity index is 1.82. The SMILES string of the molecule is CC(O/N=C/c1ccc(Cl)cc1)C1CCCN1. The van der Waals surface area contributed by atoms with Gasteiger partial charge in [-0.2, -0.15) is 0 Å². The van der Waals surface area contributed by atoms with Gasteiger partial charge in [0.2, 0.25) is 0 Å². The van der Waals surface area contributed by atoms with Gasteiger partial charge in [-0.3, -0.25) is 0 Å². The maximum atomic E-state index is 5.80. The zero-order valence-corrected chi connectivity index (χ0v) is 10.7. The monoisotopic (exact) mass is 252 g/mol. The molecule has 1 aliphatic heterocycles. The van der Waals surface area contributed by atoms with Crippen molar-refractivity contribution < 1.29 is 4.84 Å². The lowest BCUT2D eigenvalue weighted by Crippen LogP contribution is -2.33. The molecule has 2 rings (SSSR count). The fourth-order valence-corrected chi connectivity index (χ4v) is 2.05. The number of benzene rings is 1. The molecule has 1 fully saturated rings. The van der Waals surface area contributed by atoms with E-state index >= 15 is 0 Å². The highest BCUT2D eigenvalue weighted by atomic mass is 35.5. The van der Waals surface area contributed by atoms with E-state index in [-0.39, 0.29) is 6.10 Å². The van der Waals surface area contributed by atoms with Crippen LogP contribution in [0, 0.1) is 0 Å².